The molecule has 0 aromatic carbocycles. The van der Waals surface area contributed by atoms with Gasteiger partial charge in [0.25, 0.3) is 11.5 Å². The first-order valence-electron chi connectivity index (χ1n) is 8.11. The topological polar surface area (TPSA) is 98.4 Å². The number of rotatable bonds is 5. The number of hydrogen-bond donors (Lipinski definition) is 1. The van der Waals surface area contributed by atoms with Crippen molar-refractivity contribution >= 4 is 23.4 Å². The van der Waals surface area contributed by atoms with Gasteiger partial charge in [0.2, 0.25) is 0 Å². The minimum absolute atomic E-state index is 0.0458. The third-order valence-electron chi connectivity index (χ3n) is 4.10. The number of nitrogens with one attached hydrogen (secondary N) is 1. The van der Waals surface area contributed by atoms with Crippen LogP contribution < -0.4 is 16.7 Å². The SMILES string of the molecule is CC(Cn1c(C)cc(=O)n(C2CSC2)c1=O)=NNC(=O)c1ccncc1. The Hall–Kier alpha value is -2.68. The normalized spacial score (nSPS) is 14.8. The van der Waals surface area contributed by atoms with E-state index < -0.39 is 0 Å². The zero-order valence-corrected chi connectivity index (χ0v) is 15.3. The summed E-state index contributed by atoms with van der Waals surface area (Å²) in [7, 11) is 0. The van der Waals surface area contributed by atoms with E-state index in [1.54, 1.807) is 37.7 Å². The van der Waals surface area contributed by atoms with Gasteiger partial charge in [-0.1, -0.05) is 0 Å². The van der Waals surface area contributed by atoms with Crippen LogP contribution in [0.2, 0.25) is 0 Å². The van der Waals surface area contributed by atoms with E-state index in [1.165, 1.54) is 27.6 Å². The molecule has 0 radical (unpaired) electrons. The fourth-order valence-corrected chi connectivity index (χ4v) is 3.33. The van der Waals surface area contributed by atoms with E-state index in [0.717, 1.165) is 11.5 Å². The van der Waals surface area contributed by atoms with Crippen LogP contribution in [-0.2, 0) is 6.54 Å². The molecule has 1 aliphatic heterocycles. The van der Waals surface area contributed by atoms with Crippen LogP contribution in [0.1, 0.15) is 29.0 Å². The fraction of sp³-hybridized carbons (Fsp3) is 0.353. The molecular weight excluding hydrogens is 354 g/mol. The number of carbonyl (C=O) groups excluding carboxylic acids is 1. The van der Waals surface area contributed by atoms with Crippen molar-refractivity contribution in [3.05, 3.63) is 62.7 Å². The van der Waals surface area contributed by atoms with Gasteiger partial charge in [0.1, 0.15) is 0 Å². The number of hydrogen-bond acceptors (Lipinski definition) is 6. The summed E-state index contributed by atoms with van der Waals surface area (Å²) in [6.45, 7) is 3.63. The number of carbonyl (C=O) groups is 1. The number of hydrazone groups is 1. The maximum atomic E-state index is 12.7. The monoisotopic (exact) mass is 373 g/mol. The Morgan fingerprint density at radius 3 is 2.65 bits per heavy atom. The summed E-state index contributed by atoms with van der Waals surface area (Å²) in [5.74, 6) is 1.19. The highest BCUT2D eigenvalue weighted by atomic mass is 32.2. The number of nitrogens with zero attached hydrogens (tertiary/aromatic N) is 4. The van der Waals surface area contributed by atoms with Gasteiger partial charge in [-0.25, -0.2) is 10.2 Å². The predicted octanol–water partition coefficient (Wildman–Crippen LogP) is 0.807. The number of aromatic nitrogens is 3. The molecule has 3 heterocycles. The first kappa shape index (κ1) is 18.1. The van der Waals surface area contributed by atoms with E-state index in [1.807, 2.05) is 0 Å². The second kappa shape index (κ2) is 7.69. The van der Waals surface area contributed by atoms with Crippen LogP contribution in [0.5, 0.6) is 0 Å². The van der Waals surface area contributed by atoms with Crippen molar-refractivity contribution in [3.8, 4) is 0 Å². The Balaban J connectivity index is 1.78. The average molecular weight is 373 g/mol. The van der Waals surface area contributed by atoms with E-state index in [0.29, 0.717) is 17.0 Å². The van der Waals surface area contributed by atoms with Gasteiger partial charge in [-0.2, -0.15) is 16.9 Å². The molecular formula is C17H19N5O3S. The lowest BCUT2D eigenvalue weighted by molar-refractivity contribution is 0.0954. The van der Waals surface area contributed by atoms with Crippen molar-refractivity contribution < 1.29 is 4.79 Å². The lowest BCUT2D eigenvalue weighted by Gasteiger charge is -2.27. The molecule has 1 aliphatic rings. The molecule has 1 fully saturated rings. The average Bonchev–Trinajstić information content (AvgIpc) is 2.59. The zero-order chi connectivity index (χ0) is 18.7. The maximum absolute atomic E-state index is 12.7. The highest BCUT2D eigenvalue weighted by Crippen LogP contribution is 2.26. The molecule has 3 rings (SSSR count). The van der Waals surface area contributed by atoms with E-state index in [9.17, 15) is 14.4 Å². The molecule has 26 heavy (non-hydrogen) atoms. The summed E-state index contributed by atoms with van der Waals surface area (Å²) in [5.41, 5.74) is 3.42. The largest absolute Gasteiger partial charge is 0.331 e. The minimum Gasteiger partial charge on any atom is -0.292 e. The highest BCUT2D eigenvalue weighted by molar-refractivity contribution is 8.00. The summed E-state index contributed by atoms with van der Waals surface area (Å²) < 4.78 is 2.81. The smallest absolute Gasteiger partial charge is 0.292 e. The molecule has 2 aromatic heterocycles. The summed E-state index contributed by atoms with van der Waals surface area (Å²) >= 11 is 1.71. The molecule has 1 amide bonds. The number of amides is 1. The van der Waals surface area contributed by atoms with Crippen molar-refractivity contribution in [2.75, 3.05) is 11.5 Å². The van der Waals surface area contributed by atoms with Crippen molar-refractivity contribution in [2.45, 2.75) is 26.4 Å². The molecule has 9 heteroatoms. The molecule has 1 saturated heterocycles. The molecule has 8 nitrogen and oxygen atoms in total. The van der Waals surface area contributed by atoms with Gasteiger partial charge in [-0.15, -0.1) is 0 Å². The van der Waals surface area contributed by atoms with E-state index in [-0.39, 0.29) is 29.7 Å². The fourth-order valence-electron chi connectivity index (χ4n) is 2.58. The Bertz CT molecular complexity index is 961. The number of thioether (sulfide) groups is 1. The highest BCUT2D eigenvalue weighted by Gasteiger charge is 2.24. The van der Waals surface area contributed by atoms with Gasteiger partial charge < -0.3 is 0 Å². The standard InChI is InChI=1S/C17H19N5O3S/c1-11(19-20-16(24)13-3-5-18-6-4-13)8-21-12(2)7-15(23)22(17(21)25)14-9-26-10-14/h3-7,14H,8-10H2,1-2H3,(H,20,24). The molecule has 1 N–H and O–H groups in total. The van der Waals surface area contributed by atoms with Crippen LogP contribution in [-0.4, -0.2) is 37.2 Å². The van der Waals surface area contributed by atoms with Crippen molar-refractivity contribution in [1.29, 1.82) is 0 Å². The number of pyridine rings is 1. The first-order valence-corrected chi connectivity index (χ1v) is 9.27. The third-order valence-corrected chi connectivity index (χ3v) is 5.34. The third kappa shape index (κ3) is 3.77. The van der Waals surface area contributed by atoms with Gasteiger partial charge in [0.05, 0.1) is 18.3 Å². The molecule has 0 bridgehead atoms. The molecule has 0 unspecified atom stereocenters. The van der Waals surface area contributed by atoms with Gasteiger partial charge >= 0.3 is 5.69 Å². The molecule has 0 saturated carbocycles. The molecule has 136 valence electrons. The minimum atomic E-state index is -0.354. The van der Waals surface area contributed by atoms with Gasteiger partial charge in [-0.3, -0.25) is 23.7 Å². The summed E-state index contributed by atoms with van der Waals surface area (Å²) in [4.78, 5) is 40.7. The summed E-state index contributed by atoms with van der Waals surface area (Å²) in [6, 6.07) is 4.59. The Morgan fingerprint density at radius 1 is 1.35 bits per heavy atom. The maximum Gasteiger partial charge on any atom is 0.331 e. The van der Waals surface area contributed by atoms with Crippen LogP contribution in [0, 0.1) is 6.92 Å². The second-order valence-electron chi connectivity index (χ2n) is 6.08. The van der Waals surface area contributed by atoms with E-state index in [4.69, 9.17) is 0 Å². The van der Waals surface area contributed by atoms with Crippen LogP contribution in [0.25, 0.3) is 0 Å². The lowest BCUT2D eigenvalue weighted by atomic mass is 10.3. The van der Waals surface area contributed by atoms with E-state index >= 15 is 0 Å². The van der Waals surface area contributed by atoms with Crippen LogP contribution in [0.4, 0.5) is 0 Å². The second-order valence-corrected chi connectivity index (χ2v) is 7.15. The van der Waals surface area contributed by atoms with E-state index in [2.05, 4.69) is 15.5 Å². The number of aryl methyl sites for hydroxylation is 1. The van der Waals surface area contributed by atoms with Gasteiger partial charge in [0, 0.05) is 41.2 Å². The summed E-state index contributed by atoms with van der Waals surface area (Å²) in [6.07, 6.45) is 3.05. The van der Waals surface area contributed by atoms with Gasteiger partial charge in [0.15, 0.2) is 0 Å². The van der Waals surface area contributed by atoms with Gasteiger partial charge in [-0.05, 0) is 26.0 Å². The lowest BCUT2D eigenvalue weighted by Crippen LogP contribution is -2.46. The van der Waals surface area contributed by atoms with Crippen LogP contribution in [0.3, 0.4) is 0 Å². The quantitative estimate of drug-likeness (QED) is 0.618. The molecule has 2 aromatic rings. The first-order chi connectivity index (χ1) is 12.5. The van der Waals surface area contributed by atoms with Crippen molar-refractivity contribution in [3.63, 3.8) is 0 Å². The summed E-state index contributed by atoms with van der Waals surface area (Å²) in [5, 5.41) is 4.05. The van der Waals surface area contributed by atoms with Crippen LogP contribution in [0.15, 0.2) is 45.3 Å². The molecule has 0 aliphatic carbocycles. The predicted molar refractivity (Wildman–Crippen MR) is 101 cm³/mol. The zero-order valence-electron chi connectivity index (χ0n) is 14.5. The molecule has 0 atom stereocenters. The Morgan fingerprint density at radius 2 is 2.04 bits per heavy atom. The van der Waals surface area contributed by atoms with Crippen molar-refractivity contribution in [2.24, 2.45) is 5.10 Å². The Kier molecular flexibility index (Phi) is 5.36. The van der Waals surface area contributed by atoms with Crippen LogP contribution >= 0.6 is 11.8 Å². The van der Waals surface area contributed by atoms with Crippen molar-refractivity contribution in [1.82, 2.24) is 19.5 Å². The Labute approximate surface area is 154 Å². The molecule has 0 spiro atoms.